The lowest BCUT2D eigenvalue weighted by atomic mass is 9.64. The molecule has 0 bridgehead atoms. The first-order valence-corrected chi connectivity index (χ1v) is 9.87. The molecule has 1 aliphatic carbocycles. The summed E-state index contributed by atoms with van der Waals surface area (Å²) in [4.78, 5) is 4.24. The van der Waals surface area contributed by atoms with Crippen LogP contribution in [0.15, 0.2) is 35.6 Å². The molecule has 0 amide bonds. The van der Waals surface area contributed by atoms with Gasteiger partial charge in [-0.25, -0.2) is 0 Å². The maximum Gasteiger partial charge on any atom is 0.416 e. The molecule has 10 heteroatoms. The average Bonchev–Trinajstić information content (AvgIpc) is 3.12. The van der Waals surface area contributed by atoms with Gasteiger partial charge in [0.25, 0.3) is 0 Å². The van der Waals surface area contributed by atoms with E-state index in [-0.39, 0.29) is 29.4 Å². The summed E-state index contributed by atoms with van der Waals surface area (Å²) in [6, 6.07) is 5.70. The largest absolute Gasteiger partial charge is 0.416 e. The van der Waals surface area contributed by atoms with E-state index in [0.717, 1.165) is 43.1 Å². The van der Waals surface area contributed by atoms with Gasteiger partial charge in [-0.1, -0.05) is 31.5 Å². The maximum atomic E-state index is 13.1. The molecule has 2 N–H and O–H groups in total. The van der Waals surface area contributed by atoms with Crippen molar-refractivity contribution in [3.63, 3.8) is 0 Å². The third kappa shape index (κ3) is 5.64. The Morgan fingerprint density at radius 3 is 2.63 bits per heavy atom. The van der Waals surface area contributed by atoms with Crippen LogP contribution in [0, 0.1) is 0 Å². The van der Waals surface area contributed by atoms with Crippen molar-refractivity contribution in [3.05, 3.63) is 47.5 Å². The van der Waals surface area contributed by atoms with Crippen molar-refractivity contribution in [2.75, 3.05) is 20.1 Å². The lowest BCUT2D eigenvalue weighted by molar-refractivity contribution is -0.137. The molecule has 0 spiro atoms. The number of nitrogens with zero attached hydrogens (tertiary/aromatic N) is 4. The number of alkyl halides is 3. The van der Waals surface area contributed by atoms with E-state index in [1.165, 1.54) is 12.1 Å². The molecule has 3 rings (SSSR count). The number of guanidine groups is 1. The van der Waals surface area contributed by atoms with Crippen LogP contribution in [-0.2, 0) is 24.6 Å². The van der Waals surface area contributed by atoms with E-state index in [0.29, 0.717) is 25.6 Å². The second-order valence-electron chi connectivity index (χ2n) is 7.36. The molecule has 0 radical (unpaired) electrons. The monoisotopic (exact) mass is 536 g/mol. The Morgan fingerprint density at radius 2 is 2.03 bits per heavy atom. The predicted octanol–water partition coefficient (Wildman–Crippen LogP) is 3.76. The Hall–Kier alpha value is -1.85. The van der Waals surface area contributed by atoms with Crippen molar-refractivity contribution in [2.24, 2.45) is 4.99 Å². The fraction of sp³-hybridized carbons (Fsp3) is 0.550. The number of aliphatic imine (C=N–C) groups is 1. The highest BCUT2D eigenvalue weighted by Gasteiger charge is 2.40. The zero-order valence-corrected chi connectivity index (χ0v) is 19.5. The Morgan fingerprint density at radius 1 is 1.27 bits per heavy atom. The molecule has 0 unspecified atom stereocenters. The van der Waals surface area contributed by atoms with Crippen LogP contribution in [0.25, 0.3) is 0 Å². The first-order chi connectivity index (χ1) is 13.9. The number of aryl methyl sites for hydroxylation is 1. The molecule has 1 fully saturated rings. The molecule has 2 aromatic rings. The van der Waals surface area contributed by atoms with Gasteiger partial charge < -0.3 is 15.2 Å². The Balaban J connectivity index is 0.00000320. The van der Waals surface area contributed by atoms with Gasteiger partial charge in [0, 0.05) is 38.5 Å². The van der Waals surface area contributed by atoms with Crippen LogP contribution in [-0.4, -0.2) is 40.9 Å². The van der Waals surface area contributed by atoms with E-state index < -0.39 is 11.7 Å². The average molecular weight is 536 g/mol. The number of benzene rings is 1. The fourth-order valence-corrected chi connectivity index (χ4v) is 3.70. The number of hydrogen-bond acceptors (Lipinski definition) is 3. The van der Waals surface area contributed by atoms with Crippen LogP contribution in [0.1, 0.15) is 43.1 Å². The van der Waals surface area contributed by atoms with Crippen LogP contribution >= 0.6 is 24.0 Å². The van der Waals surface area contributed by atoms with Crippen LogP contribution in [0.4, 0.5) is 13.2 Å². The lowest BCUT2D eigenvalue weighted by Gasteiger charge is -2.43. The third-order valence-electron chi connectivity index (χ3n) is 5.59. The minimum absolute atomic E-state index is 0. The highest BCUT2D eigenvalue weighted by Crippen LogP contribution is 2.44. The first-order valence-electron chi connectivity index (χ1n) is 9.87. The maximum absolute atomic E-state index is 13.1. The van der Waals surface area contributed by atoms with Crippen molar-refractivity contribution < 1.29 is 13.2 Å². The second kappa shape index (κ2) is 10.5. The highest BCUT2D eigenvalue weighted by atomic mass is 127. The van der Waals surface area contributed by atoms with E-state index in [9.17, 15) is 13.2 Å². The summed E-state index contributed by atoms with van der Waals surface area (Å²) >= 11 is 0. The first kappa shape index (κ1) is 24.4. The zero-order chi connectivity index (χ0) is 20.9. The minimum Gasteiger partial charge on any atom is -0.356 e. The minimum atomic E-state index is -4.33. The summed E-state index contributed by atoms with van der Waals surface area (Å²) in [6.07, 6.45) is 0.917. The second-order valence-corrected chi connectivity index (χ2v) is 7.36. The number of halogens is 4. The molecular weight excluding hydrogens is 508 g/mol. The van der Waals surface area contributed by atoms with E-state index in [1.807, 2.05) is 11.5 Å². The quantitative estimate of drug-likeness (QED) is 0.322. The van der Waals surface area contributed by atoms with E-state index in [1.54, 1.807) is 19.4 Å². The molecule has 1 aromatic heterocycles. The van der Waals surface area contributed by atoms with E-state index in [4.69, 9.17) is 0 Å². The summed E-state index contributed by atoms with van der Waals surface area (Å²) < 4.78 is 41.3. The summed E-state index contributed by atoms with van der Waals surface area (Å²) in [7, 11) is 1.68. The van der Waals surface area contributed by atoms with Crippen LogP contribution in [0.3, 0.4) is 0 Å². The van der Waals surface area contributed by atoms with E-state index in [2.05, 4.69) is 25.8 Å². The molecule has 30 heavy (non-hydrogen) atoms. The molecule has 166 valence electrons. The lowest BCUT2D eigenvalue weighted by Crippen LogP contribution is -2.49. The zero-order valence-electron chi connectivity index (χ0n) is 17.2. The standard InChI is InChI=1S/C20H27F3N6.HI/c1-3-17-28-27-14-29(17)11-10-25-18(24-2)26-13-19(8-5-9-19)15-6-4-7-16(12-15)20(21,22)23;/h4,6-7,12,14H,3,5,8-11,13H2,1-2H3,(H2,24,25,26);1H. The predicted molar refractivity (Wildman–Crippen MR) is 121 cm³/mol. The number of aromatic nitrogens is 3. The molecule has 0 aliphatic heterocycles. The molecule has 6 nitrogen and oxygen atoms in total. The van der Waals surface area contributed by atoms with Crippen LogP contribution in [0.2, 0.25) is 0 Å². The van der Waals surface area contributed by atoms with Gasteiger partial charge in [-0.05, 0) is 24.5 Å². The van der Waals surface area contributed by atoms with Crippen LogP contribution < -0.4 is 10.6 Å². The summed E-state index contributed by atoms with van der Waals surface area (Å²) in [5, 5.41) is 14.5. The Bertz CT molecular complexity index is 845. The number of nitrogens with one attached hydrogen (secondary N) is 2. The molecular formula is C20H28F3IN6. The van der Waals surface area contributed by atoms with Gasteiger partial charge in [0.1, 0.15) is 12.2 Å². The van der Waals surface area contributed by atoms with Crippen LogP contribution in [0.5, 0.6) is 0 Å². The molecule has 1 heterocycles. The molecule has 0 atom stereocenters. The molecule has 0 saturated heterocycles. The van der Waals surface area contributed by atoms with Gasteiger partial charge in [-0.3, -0.25) is 4.99 Å². The van der Waals surface area contributed by atoms with Crippen molar-refractivity contribution in [1.82, 2.24) is 25.4 Å². The summed E-state index contributed by atoms with van der Waals surface area (Å²) in [5.41, 5.74) is -0.147. The van der Waals surface area contributed by atoms with Gasteiger partial charge in [-0.15, -0.1) is 34.2 Å². The summed E-state index contributed by atoms with van der Waals surface area (Å²) in [5.74, 6) is 1.56. The third-order valence-corrected chi connectivity index (χ3v) is 5.59. The summed E-state index contributed by atoms with van der Waals surface area (Å²) in [6.45, 7) is 3.91. The van der Waals surface area contributed by atoms with Gasteiger partial charge >= 0.3 is 6.18 Å². The molecule has 1 aliphatic rings. The number of rotatable bonds is 7. The Kier molecular flexibility index (Phi) is 8.51. The van der Waals surface area contributed by atoms with Gasteiger partial charge in [0.15, 0.2) is 5.96 Å². The van der Waals surface area contributed by atoms with Gasteiger partial charge in [0.05, 0.1) is 5.56 Å². The molecule has 1 saturated carbocycles. The smallest absolute Gasteiger partial charge is 0.356 e. The topological polar surface area (TPSA) is 67.1 Å². The van der Waals surface area contributed by atoms with Crippen molar-refractivity contribution in [2.45, 2.75) is 50.7 Å². The van der Waals surface area contributed by atoms with Gasteiger partial charge in [0.2, 0.25) is 0 Å². The van der Waals surface area contributed by atoms with Crippen molar-refractivity contribution in [1.29, 1.82) is 0 Å². The van der Waals surface area contributed by atoms with Gasteiger partial charge in [-0.2, -0.15) is 13.2 Å². The number of hydrogen-bond donors (Lipinski definition) is 2. The van der Waals surface area contributed by atoms with E-state index >= 15 is 0 Å². The fourth-order valence-electron chi connectivity index (χ4n) is 3.70. The van der Waals surface area contributed by atoms with Crippen molar-refractivity contribution in [3.8, 4) is 0 Å². The Labute approximate surface area is 191 Å². The highest BCUT2D eigenvalue weighted by molar-refractivity contribution is 14.0. The SMILES string of the molecule is CCc1nncn1CCNC(=NC)NCC1(c2cccc(C(F)(F)F)c2)CCC1.I. The molecule has 1 aromatic carbocycles. The van der Waals surface area contributed by atoms with Crippen molar-refractivity contribution >= 4 is 29.9 Å². The normalized spacial score (nSPS) is 15.8.